The van der Waals surface area contributed by atoms with Crippen LogP contribution in [0.5, 0.6) is 0 Å². The van der Waals surface area contributed by atoms with Gasteiger partial charge in [0.15, 0.2) is 0 Å². The summed E-state index contributed by atoms with van der Waals surface area (Å²) in [4.78, 5) is 25.3. The van der Waals surface area contributed by atoms with Gasteiger partial charge in [-0.1, -0.05) is 47.5 Å². The summed E-state index contributed by atoms with van der Waals surface area (Å²) in [5, 5.41) is 6.89. The average molecular weight is 445 g/mol. The number of rotatable bonds is 7. The van der Waals surface area contributed by atoms with E-state index >= 15 is 0 Å². The Morgan fingerprint density at radius 2 is 1.41 bits per heavy atom. The first-order valence-electron chi connectivity index (χ1n) is 8.80. The van der Waals surface area contributed by atoms with E-state index in [2.05, 4.69) is 10.6 Å². The maximum absolute atomic E-state index is 12.2. The van der Waals surface area contributed by atoms with Gasteiger partial charge in [0.1, 0.15) is 0 Å². The molecule has 3 aromatic carbocycles. The van der Waals surface area contributed by atoms with Gasteiger partial charge in [-0.05, 0) is 54.1 Å². The number of thioether (sulfide) groups is 1. The van der Waals surface area contributed by atoms with Gasteiger partial charge >= 0.3 is 0 Å². The van der Waals surface area contributed by atoms with Gasteiger partial charge in [0.2, 0.25) is 11.8 Å². The summed E-state index contributed by atoms with van der Waals surface area (Å²) in [6.07, 6.45) is 0.260. The van der Waals surface area contributed by atoms with Gasteiger partial charge in [-0.3, -0.25) is 9.59 Å². The SMILES string of the molecule is O=C(CSc1cccc(NC(=O)Cc2ccc(Cl)cc2)c1)Nc1cccc(Cl)c1. The Bertz CT molecular complexity index is 1010. The number of hydrogen-bond acceptors (Lipinski definition) is 3. The molecule has 4 nitrogen and oxygen atoms in total. The van der Waals surface area contributed by atoms with Crippen LogP contribution in [-0.2, 0) is 16.0 Å². The molecule has 3 rings (SSSR count). The lowest BCUT2D eigenvalue weighted by molar-refractivity contribution is -0.115. The first kappa shape index (κ1) is 21.2. The minimum absolute atomic E-state index is 0.117. The summed E-state index contributed by atoms with van der Waals surface area (Å²) in [6.45, 7) is 0. The van der Waals surface area contributed by atoms with Crippen molar-refractivity contribution < 1.29 is 9.59 Å². The molecule has 148 valence electrons. The smallest absolute Gasteiger partial charge is 0.234 e. The molecule has 2 N–H and O–H groups in total. The number of halogens is 2. The summed E-state index contributed by atoms with van der Waals surface area (Å²) < 4.78 is 0. The molecule has 0 aromatic heterocycles. The summed E-state index contributed by atoms with van der Waals surface area (Å²) >= 11 is 13.2. The molecule has 0 unspecified atom stereocenters. The molecule has 0 bridgehead atoms. The zero-order valence-corrected chi connectivity index (χ0v) is 17.7. The third-order valence-electron chi connectivity index (χ3n) is 3.87. The Morgan fingerprint density at radius 3 is 2.14 bits per heavy atom. The van der Waals surface area contributed by atoms with Gasteiger partial charge in [-0.15, -0.1) is 11.8 Å². The lowest BCUT2D eigenvalue weighted by Crippen LogP contribution is -2.15. The second kappa shape index (κ2) is 10.3. The van der Waals surface area contributed by atoms with Crippen molar-refractivity contribution in [2.75, 3.05) is 16.4 Å². The highest BCUT2D eigenvalue weighted by molar-refractivity contribution is 8.00. The van der Waals surface area contributed by atoms with Crippen LogP contribution in [0.3, 0.4) is 0 Å². The van der Waals surface area contributed by atoms with Crippen LogP contribution < -0.4 is 10.6 Å². The molecule has 0 saturated heterocycles. The second-order valence-electron chi connectivity index (χ2n) is 6.23. The molecule has 0 aliphatic carbocycles. The van der Waals surface area contributed by atoms with E-state index in [0.717, 1.165) is 10.5 Å². The molecule has 0 fully saturated rings. The zero-order chi connectivity index (χ0) is 20.6. The van der Waals surface area contributed by atoms with Crippen molar-refractivity contribution in [2.24, 2.45) is 0 Å². The van der Waals surface area contributed by atoms with E-state index in [4.69, 9.17) is 23.2 Å². The molecule has 0 heterocycles. The molecule has 7 heteroatoms. The summed E-state index contributed by atoms with van der Waals surface area (Å²) in [7, 11) is 0. The topological polar surface area (TPSA) is 58.2 Å². The Morgan fingerprint density at radius 1 is 0.759 bits per heavy atom. The van der Waals surface area contributed by atoms with Gasteiger partial charge in [0.05, 0.1) is 12.2 Å². The van der Waals surface area contributed by atoms with Crippen molar-refractivity contribution in [1.82, 2.24) is 0 Å². The highest BCUT2D eigenvalue weighted by Gasteiger charge is 2.07. The van der Waals surface area contributed by atoms with E-state index in [1.807, 2.05) is 36.4 Å². The van der Waals surface area contributed by atoms with E-state index in [9.17, 15) is 9.59 Å². The molecule has 0 aliphatic rings. The quantitative estimate of drug-likeness (QED) is 0.445. The molecule has 29 heavy (non-hydrogen) atoms. The van der Waals surface area contributed by atoms with Crippen molar-refractivity contribution in [3.63, 3.8) is 0 Å². The number of carbonyl (C=O) groups is 2. The van der Waals surface area contributed by atoms with Crippen LogP contribution >= 0.6 is 35.0 Å². The van der Waals surface area contributed by atoms with Gasteiger partial charge in [0.25, 0.3) is 0 Å². The van der Waals surface area contributed by atoms with Gasteiger partial charge < -0.3 is 10.6 Å². The first-order chi connectivity index (χ1) is 14.0. The molecule has 2 amide bonds. The first-order valence-corrected chi connectivity index (χ1v) is 10.5. The normalized spacial score (nSPS) is 10.4. The fraction of sp³-hybridized carbons (Fsp3) is 0.0909. The Kier molecular flexibility index (Phi) is 7.58. The van der Waals surface area contributed by atoms with Gasteiger partial charge in [-0.2, -0.15) is 0 Å². The Balaban J connectivity index is 1.51. The number of amides is 2. The van der Waals surface area contributed by atoms with E-state index in [1.165, 1.54) is 11.8 Å². The highest BCUT2D eigenvalue weighted by Crippen LogP contribution is 2.23. The maximum atomic E-state index is 12.2. The fourth-order valence-electron chi connectivity index (χ4n) is 2.57. The molecule has 0 radical (unpaired) electrons. The van der Waals surface area contributed by atoms with Crippen LogP contribution in [-0.4, -0.2) is 17.6 Å². The Labute approximate surface area is 183 Å². The molecule has 3 aromatic rings. The van der Waals surface area contributed by atoms with Crippen molar-refractivity contribution >= 4 is 58.2 Å². The lowest BCUT2D eigenvalue weighted by atomic mass is 10.1. The number of nitrogens with one attached hydrogen (secondary N) is 2. The van der Waals surface area contributed by atoms with Crippen molar-refractivity contribution in [2.45, 2.75) is 11.3 Å². The lowest BCUT2D eigenvalue weighted by Gasteiger charge is -2.08. The highest BCUT2D eigenvalue weighted by atomic mass is 35.5. The van der Waals surface area contributed by atoms with E-state index in [-0.39, 0.29) is 24.0 Å². The minimum atomic E-state index is -0.130. The third-order valence-corrected chi connectivity index (χ3v) is 5.35. The van der Waals surface area contributed by atoms with Crippen LogP contribution in [0.2, 0.25) is 10.0 Å². The Hall–Kier alpha value is -2.47. The van der Waals surface area contributed by atoms with E-state index in [0.29, 0.717) is 21.4 Å². The van der Waals surface area contributed by atoms with Crippen molar-refractivity contribution in [1.29, 1.82) is 0 Å². The molecular formula is C22H18Cl2N2O2S. The summed E-state index contributed by atoms with van der Waals surface area (Å²) in [6, 6.07) is 21.6. The monoisotopic (exact) mass is 444 g/mol. The summed E-state index contributed by atoms with van der Waals surface area (Å²) in [5.41, 5.74) is 2.23. The van der Waals surface area contributed by atoms with Crippen LogP contribution in [0.25, 0.3) is 0 Å². The van der Waals surface area contributed by atoms with Gasteiger partial charge in [0, 0.05) is 26.3 Å². The molecule has 0 aliphatic heterocycles. The van der Waals surface area contributed by atoms with Crippen LogP contribution in [0, 0.1) is 0 Å². The standard InChI is InChI=1S/C22H18Cl2N2O2S/c23-16-9-7-15(8-10-16)11-21(27)25-19-5-2-6-20(13-19)29-14-22(28)26-18-4-1-3-17(24)12-18/h1-10,12-13H,11,14H2,(H,25,27)(H,26,28). The number of anilines is 2. The average Bonchev–Trinajstić information content (AvgIpc) is 2.68. The largest absolute Gasteiger partial charge is 0.326 e. The van der Waals surface area contributed by atoms with Crippen molar-refractivity contribution in [3.8, 4) is 0 Å². The van der Waals surface area contributed by atoms with E-state index in [1.54, 1.807) is 36.4 Å². The predicted molar refractivity (Wildman–Crippen MR) is 121 cm³/mol. The van der Waals surface area contributed by atoms with Crippen molar-refractivity contribution in [3.05, 3.63) is 88.4 Å². The summed E-state index contributed by atoms with van der Waals surface area (Å²) in [5.74, 6) is -0.00285. The zero-order valence-electron chi connectivity index (χ0n) is 15.3. The fourth-order valence-corrected chi connectivity index (χ4v) is 3.64. The maximum Gasteiger partial charge on any atom is 0.234 e. The second-order valence-corrected chi connectivity index (χ2v) is 8.15. The van der Waals surface area contributed by atoms with Crippen LogP contribution in [0.4, 0.5) is 11.4 Å². The molecular weight excluding hydrogens is 427 g/mol. The van der Waals surface area contributed by atoms with Crippen LogP contribution in [0.15, 0.2) is 77.7 Å². The number of hydrogen-bond donors (Lipinski definition) is 2. The molecule has 0 saturated carbocycles. The van der Waals surface area contributed by atoms with Crippen LogP contribution in [0.1, 0.15) is 5.56 Å². The molecule has 0 spiro atoms. The predicted octanol–water partition coefficient (Wildman–Crippen LogP) is 5.91. The van der Waals surface area contributed by atoms with Gasteiger partial charge in [-0.25, -0.2) is 0 Å². The molecule has 0 atom stereocenters. The minimum Gasteiger partial charge on any atom is -0.326 e. The third kappa shape index (κ3) is 7.13. The number of carbonyl (C=O) groups excluding carboxylic acids is 2. The number of benzene rings is 3. The van der Waals surface area contributed by atoms with E-state index < -0.39 is 0 Å².